The van der Waals surface area contributed by atoms with Gasteiger partial charge in [-0.15, -0.1) is 0 Å². The first-order chi connectivity index (χ1) is 9.69. The van der Waals surface area contributed by atoms with Gasteiger partial charge in [-0.3, -0.25) is 4.40 Å². The molecule has 2 aromatic rings. The standard InChI is InChI=1S/C16H23N3O/c1-12(2)18-8-4-5-13(10-18)16-17-9-14-6-7-15(20-3)11-19(14)16/h6-7,9,11-13H,4-5,8,10H2,1-3H3. The van der Waals surface area contributed by atoms with Crippen molar-refractivity contribution in [1.82, 2.24) is 14.3 Å². The van der Waals surface area contributed by atoms with Crippen LogP contribution in [-0.2, 0) is 0 Å². The maximum Gasteiger partial charge on any atom is 0.135 e. The van der Waals surface area contributed by atoms with E-state index in [0.29, 0.717) is 12.0 Å². The number of hydrogen-bond acceptors (Lipinski definition) is 3. The van der Waals surface area contributed by atoms with Crippen molar-refractivity contribution in [1.29, 1.82) is 0 Å². The molecular weight excluding hydrogens is 250 g/mol. The average Bonchev–Trinajstić information content (AvgIpc) is 2.90. The summed E-state index contributed by atoms with van der Waals surface area (Å²) in [5, 5.41) is 0. The third-order valence-corrected chi connectivity index (χ3v) is 4.31. The van der Waals surface area contributed by atoms with Gasteiger partial charge in [0.15, 0.2) is 0 Å². The van der Waals surface area contributed by atoms with Crippen LogP contribution in [0.2, 0.25) is 0 Å². The molecule has 0 bridgehead atoms. The summed E-state index contributed by atoms with van der Waals surface area (Å²) in [6.07, 6.45) is 6.48. The van der Waals surface area contributed by atoms with E-state index in [1.807, 2.05) is 18.5 Å². The highest BCUT2D eigenvalue weighted by molar-refractivity contribution is 5.48. The van der Waals surface area contributed by atoms with Gasteiger partial charge in [-0.1, -0.05) is 0 Å². The maximum absolute atomic E-state index is 5.33. The Labute approximate surface area is 120 Å². The summed E-state index contributed by atoms with van der Waals surface area (Å²) in [7, 11) is 1.71. The molecule has 1 fully saturated rings. The number of methoxy groups -OCH3 is 1. The molecule has 4 heteroatoms. The smallest absolute Gasteiger partial charge is 0.135 e. The lowest BCUT2D eigenvalue weighted by molar-refractivity contribution is 0.164. The molecule has 2 aromatic heterocycles. The quantitative estimate of drug-likeness (QED) is 0.861. The van der Waals surface area contributed by atoms with Crippen LogP contribution in [0.5, 0.6) is 5.75 Å². The van der Waals surface area contributed by atoms with E-state index in [9.17, 15) is 0 Å². The summed E-state index contributed by atoms with van der Waals surface area (Å²) >= 11 is 0. The zero-order valence-electron chi connectivity index (χ0n) is 12.5. The first-order valence-electron chi connectivity index (χ1n) is 7.44. The second kappa shape index (κ2) is 5.44. The Morgan fingerprint density at radius 3 is 2.95 bits per heavy atom. The van der Waals surface area contributed by atoms with Crippen molar-refractivity contribution in [3.63, 3.8) is 0 Å². The lowest BCUT2D eigenvalue weighted by Crippen LogP contribution is -2.39. The van der Waals surface area contributed by atoms with Gasteiger partial charge in [0, 0.05) is 18.5 Å². The molecule has 4 nitrogen and oxygen atoms in total. The third kappa shape index (κ3) is 2.40. The van der Waals surface area contributed by atoms with Gasteiger partial charge < -0.3 is 9.64 Å². The van der Waals surface area contributed by atoms with Crippen LogP contribution < -0.4 is 4.74 Å². The van der Waals surface area contributed by atoms with E-state index in [1.54, 1.807) is 7.11 Å². The SMILES string of the molecule is COc1ccc2cnc(C3CCCN(C(C)C)C3)n2c1. The Morgan fingerprint density at radius 2 is 2.20 bits per heavy atom. The number of piperidine rings is 1. The van der Waals surface area contributed by atoms with Crippen LogP contribution in [0.15, 0.2) is 24.5 Å². The fourth-order valence-corrected chi connectivity index (χ4v) is 3.10. The fourth-order valence-electron chi connectivity index (χ4n) is 3.10. The van der Waals surface area contributed by atoms with Crippen molar-refractivity contribution < 1.29 is 4.74 Å². The predicted molar refractivity (Wildman–Crippen MR) is 80.4 cm³/mol. The van der Waals surface area contributed by atoms with Crippen LogP contribution in [0.25, 0.3) is 5.52 Å². The lowest BCUT2D eigenvalue weighted by atomic mass is 9.96. The molecule has 1 aliphatic heterocycles. The van der Waals surface area contributed by atoms with Gasteiger partial charge >= 0.3 is 0 Å². The van der Waals surface area contributed by atoms with Crippen molar-refractivity contribution in [2.24, 2.45) is 0 Å². The largest absolute Gasteiger partial charge is 0.495 e. The number of rotatable bonds is 3. The molecular formula is C16H23N3O. The normalized spacial score (nSPS) is 20.7. The van der Waals surface area contributed by atoms with E-state index in [2.05, 4.69) is 34.2 Å². The number of hydrogen-bond donors (Lipinski definition) is 0. The van der Waals surface area contributed by atoms with Gasteiger partial charge in [0.25, 0.3) is 0 Å². The molecule has 0 aliphatic carbocycles. The Balaban J connectivity index is 1.93. The molecule has 1 saturated heterocycles. The van der Waals surface area contributed by atoms with E-state index in [-0.39, 0.29) is 0 Å². The van der Waals surface area contributed by atoms with Gasteiger partial charge in [0.1, 0.15) is 11.6 Å². The molecule has 0 amide bonds. The first-order valence-corrected chi connectivity index (χ1v) is 7.44. The van der Waals surface area contributed by atoms with Crippen LogP contribution in [0.4, 0.5) is 0 Å². The number of aromatic nitrogens is 2. The third-order valence-electron chi connectivity index (χ3n) is 4.31. The molecule has 0 N–H and O–H groups in total. The number of nitrogens with zero attached hydrogens (tertiary/aromatic N) is 3. The zero-order chi connectivity index (χ0) is 14.1. The van der Waals surface area contributed by atoms with Gasteiger partial charge in [-0.25, -0.2) is 4.98 Å². The van der Waals surface area contributed by atoms with E-state index in [0.717, 1.165) is 17.8 Å². The summed E-state index contributed by atoms with van der Waals surface area (Å²) < 4.78 is 7.52. The minimum atomic E-state index is 0.515. The Hall–Kier alpha value is -1.55. The van der Waals surface area contributed by atoms with Crippen LogP contribution >= 0.6 is 0 Å². The van der Waals surface area contributed by atoms with Gasteiger partial charge in [-0.2, -0.15) is 0 Å². The number of imidazole rings is 1. The van der Waals surface area contributed by atoms with E-state index in [1.165, 1.54) is 25.2 Å². The molecule has 1 aliphatic rings. The molecule has 0 saturated carbocycles. The molecule has 0 aromatic carbocycles. The number of ether oxygens (including phenoxy) is 1. The number of pyridine rings is 1. The van der Waals surface area contributed by atoms with E-state index >= 15 is 0 Å². The molecule has 0 spiro atoms. The summed E-state index contributed by atoms with van der Waals surface area (Å²) in [6, 6.07) is 4.67. The highest BCUT2D eigenvalue weighted by Crippen LogP contribution is 2.28. The highest BCUT2D eigenvalue weighted by Gasteiger charge is 2.25. The molecule has 108 valence electrons. The Bertz CT molecular complexity index is 590. The molecule has 0 radical (unpaired) electrons. The second-order valence-corrected chi connectivity index (χ2v) is 5.91. The predicted octanol–water partition coefficient (Wildman–Crippen LogP) is 2.93. The van der Waals surface area contributed by atoms with Gasteiger partial charge in [0.05, 0.1) is 25.0 Å². The molecule has 1 unspecified atom stereocenters. The van der Waals surface area contributed by atoms with E-state index < -0.39 is 0 Å². The van der Waals surface area contributed by atoms with Gasteiger partial charge in [0.2, 0.25) is 0 Å². The van der Waals surface area contributed by atoms with Crippen molar-refractivity contribution >= 4 is 5.52 Å². The van der Waals surface area contributed by atoms with Crippen LogP contribution in [0.3, 0.4) is 0 Å². The monoisotopic (exact) mass is 273 g/mol. The summed E-state index contributed by atoms with van der Waals surface area (Å²) in [5.41, 5.74) is 1.14. The van der Waals surface area contributed by atoms with Crippen LogP contribution in [0, 0.1) is 0 Å². The summed E-state index contributed by atoms with van der Waals surface area (Å²) in [6.45, 7) is 6.86. The maximum atomic E-state index is 5.33. The Morgan fingerprint density at radius 1 is 1.35 bits per heavy atom. The van der Waals surface area contributed by atoms with Crippen molar-refractivity contribution in [3.05, 3.63) is 30.4 Å². The lowest BCUT2D eigenvalue weighted by Gasteiger charge is -2.34. The van der Waals surface area contributed by atoms with Crippen molar-refractivity contribution in [2.45, 2.75) is 38.6 Å². The van der Waals surface area contributed by atoms with Crippen LogP contribution in [-0.4, -0.2) is 40.5 Å². The first kappa shape index (κ1) is 13.4. The molecule has 3 heterocycles. The minimum Gasteiger partial charge on any atom is -0.495 e. The molecule has 3 rings (SSSR count). The number of likely N-dealkylation sites (tertiary alicyclic amines) is 1. The molecule has 1 atom stereocenters. The van der Waals surface area contributed by atoms with Crippen LogP contribution in [0.1, 0.15) is 38.4 Å². The summed E-state index contributed by atoms with van der Waals surface area (Å²) in [4.78, 5) is 7.22. The molecule has 20 heavy (non-hydrogen) atoms. The minimum absolute atomic E-state index is 0.515. The topological polar surface area (TPSA) is 29.8 Å². The van der Waals surface area contributed by atoms with E-state index in [4.69, 9.17) is 4.74 Å². The average molecular weight is 273 g/mol. The zero-order valence-corrected chi connectivity index (χ0v) is 12.5. The fraction of sp³-hybridized carbons (Fsp3) is 0.562. The number of fused-ring (bicyclic) bond motifs is 1. The van der Waals surface area contributed by atoms with Crippen molar-refractivity contribution in [2.75, 3.05) is 20.2 Å². The summed E-state index contributed by atoms with van der Waals surface area (Å²) in [5.74, 6) is 2.57. The Kier molecular flexibility index (Phi) is 3.66. The highest BCUT2D eigenvalue weighted by atomic mass is 16.5. The van der Waals surface area contributed by atoms with Crippen molar-refractivity contribution in [3.8, 4) is 5.75 Å². The second-order valence-electron chi connectivity index (χ2n) is 5.91. The van der Waals surface area contributed by atoms with Gasteiger partial charge in [-0.05, 0) is 45.4 Å².